The monoisotopic (exact) mass is 194 g/mol. The number of likely N-dealkylation sites (N-methyl/N-ethyl adjacent to an activating group) is 1. The number of imidazole rings is 1. The van der Waals surface area contributed by atoms with Crippen LogP contribution in [0.1, 0.15) is 19.7 Å². The Labute approximate surface area is 84.5 Å². The fraction of sp³-hybridized carbons (Fsp3) is 0.600. The lowest BCUT2D eigenvalue weighted by Gasteiger charge is -2.18. The van der Waals surface area contributed by atoms with Crippen molar-refractivity contribution in [3.8, 4) is 0 Å². The lowest BCUT2D eigenvalue weighted by molar-refractivity contribution is -0.131. The van der Waals surface area contributed by atoms with E-state index >= 15 is 0 Å². The SMILES string of the molecule is CCN(CC)C(=O)Cn1c[c]nc1C. The number of carbonyl (C=O) groups excluding carboxylic acids is 1. The minimum Gasteiger partial charge on any atom is -0.342 e. The molecule has 1 rings (SSSR count). The van der Waals surface area contributed by atoms with Gasteiger partial charge in [0.2, 0.25) is 5.91 Å². The minimum atomic E-state index is 0.129. The lowest BCUT2D eigenvalue weighted by atomic mass is 10.4. The number of nitrogens with zero attached hydrogens (tertiary/aromatic N) is 3. The average Bonchev–Trinajstić information content (AvgIpc) is 2.54. The maximum absolute atomic E-state index is 11.7. The van der Waals surface area contributed by atoms with E-state index in [0.717, 1.165) is 18.9 Å². The van der Waals surface area contributed by atoms with Crippen molar-refractivity contribution in [1.82, 2.24) is 14.5 Å². The summed E-state index contributed by atoms with van der Waals surface area (Å²) in [5.41, 5.74) is 0. The van der Waals surface area contributed by atoms with E-state index in [1.807, 2.05) is 20.8 Å². The smallest absolute Gasteiger partial charge is 0.242 e. The molecule has 4 heteroatoms. The predicted octanol–water partition coefficient (Wildman–Crippen LogP) is 0.860. The van der Waals surface area contributed by atoms with Gasteiger partial charge in [0.15, 0.2) is 0 Å². The number of hydrogen-bond donors (Lipinski definition) is 0. The molecule has 0 aliphatic heterocycles. The van der Waals surface area contributed by atoms with Gasteiger partial charge in [-0.25, -0.2) is 4.98 Å². The molecule has 0 saturated heterocycles. The molecule has 0 N–H and O–H groups in total. The van der Waals surface area contributed by atoms with Crippen molar-refractivity contribution in [2.24, 2.45) is 0 Å². The summed E-state index contributed by atoms with van der Waals surface area (Å²) in [4.78, 5) is 17.4. The lowest BCUT2D eigenvalue weighted by Crippen LogP contribution is -2.33. The summed E-state index contributed by atoms with van der Waals surface area (Å²) in [6, 6.07) is 0. The number of aromatic nitrogens is 2. The first-order valence-electron chi connectivity index (χ1n) is 4.86. The van der Waals surface area contributed by atoms with Crippen LogP contribution in [0.25, 0.3) is 0 Å². The third kappa shape index (κ3) is 2.34. The van der Waals surface area contributed by atoms with Crippen LogP contribution < -0.4 is 0 Å². The second-order valence-corrected chi connectivity index (χ2v) is 3.11. The summed E-state index contributed by atoms with van der Waals surface area (Å²) in [7, 11) is 0. The van der Waals surface area contributed by atoms with Crippen molar-refractivity contribution < 1.29 is 4.79 Å². The Hall–Kier alpha value is -1.32. The first-order chi connectivity index (χ1) is 6.69. The molecule has 0 aromatic carbocycles. The Morgan fingerprint density at radius 3 is 2.64 bits per heavy atom. The van der Waals surface area contributed by atoms with Crippen molar-refractivity contribution in [2.75, 3.05) is 13.1 Å². The van der Waals surface area contributed by atoms with E-state index in [0.29, 0.717) is 6.54 Å². The Bertz CT molecular complexity index is 302. The third-order valence-corrected chi connectivity index (χ3v) is 2.28. The molecule has 0 spiro atoms. The molecule has 1 aromatic heterocycles. The molecule has 1 heterocycles. The highest BCUT2D eigenvalue weighted by Gasteiger charge is 2.10. The Balaban J connectivity index is 2.61. The van der Waals surface area contributed by atoms with E-state index in [4.69, 9.17) is 0 Å². The van der Waals surface area contributed by atoms with Gasteiger partial charge in [-0.15, -0.1) is 0 Å². The van der Waals surface area contributed by atoms with Gasteiger partial charge < -0.3 is 9.47 Å². The zero-order valence-corrected chi connectivity index (χ0v) is 8.95. The van der Waals surface area contributed by atoms with Crippen LogP contribution in [0.4, 0.5) is 0 Å². The fourth-order valence-corrected chi connectivity index (χ4v) is 1.33. The van der Waals surface area contributed by atoms with Crippen molar-refractivity contribution in [3.05, 3.63) is 18.2 Å². The minimum absolute atomic E-state index is 0.129. The van der Waals surface area contributed by atoms with Gasteiger partial charge in [-0.2, -0.15) is 0 Å². The van der Waals surface area contributed by atoms with Gasteiger partial charge in [-0.05, 0) is 20.8 Å². The molecule has 77 valence electrons. The molecule has 0 aliphatic carbocycles. The van der Waals surface area contributed by atoms with Gasteiger partial charge in [-0.3, -0.25) is 4.79 Å². The maximum Gasteiger partial charge on any atom is 0.242 e. The van der Waals surface area contributed by atoms with Crippen molar-refractivity contribution >= 4 is 5.91 Å². The van der Waals surface area contributed by atoms with Crippen LogP contribution >= 0.6 is 0 Å². The van der Waals surface area contributed by atoms with Gasteiger partial charge in [0.1, 0.15) is 18.6 Å². The standard InChI is InChI=1S/C10H16N3O/c1-4-12(5-2)10(14)8-13-7-6-11-9(13)3/h7H,4-5,8H2,1-3H3. The number of aryl methyl sites for hydroxylation is 1. The third-order valence-electron chi connectivity index (χ3n) is 2.28. The van der Waals surface area contributed by atoms with E-state index in [1.165, 1.54) is 0 Å². The maximum atomic E-state index is 11.7. The van der Waals surface area contributed by atoms with Crippen LogP contribution in [-0.2, 0) is 11.3 Å². The number of rotatable bonds is 4. The summed E-state index contributed by atoms with van der Waals surface area (Å²) in [6.07, 6.45) is 4.43. The van der Waals surface area contributed by atoms with Crippen LogP contribution in [0.5, 0.6) is 0 Å². The van der Waals surface area contributed by atoms with E-state index < -0.39 is 0 Å². The molecule has 1 aromatic rings. The molecule has 0 unspecified atom stereocenters. The number of carbonyl (C=O) groups is 1. The van der Waals surface area contributed by atoms with Crippen LogP contribution in [0.2, 0.25) is 0 Å². The Morgan fingerprint density at radius 2 is 2.21 bits per heavy atom. The summed E-state index contributed by atoms with van der Waals surface area (Å²) < 4.78 is 1.81. The molecule has 0 atom stereocenters. The highest BCUT2D eigenvalue weighted by Crippen LogP contribution is 1.97. The van der Waals surface area contributed by atoms with E-state index in [1.54, 1.807) is 15.7 Å². The highest BCUT2D eigenvalue weighted by atomic mass is 16.2. The van der Waals surface area contributed by atoms with Gasteiger partial charge in [-0.1, -0.05) is 0 Å². The topological polar surface area (TPSA) is 38.1 Å². The molecule has 4 nitrogen and oxygen atoms in total. The van der Waals surface area contributed by atoms with Crippen LogP contribution in [0.15, 0.2) is 6.20 Å². The van der Waals surface area contributed by atoms with Crippen LogP contribution in [0.3, 0.4) is 0 Å². The molecule has 1 amide bonds. The zero-order chi connectivity index (χ0) is 10.6. The first kappa shape index (κ1) is 10.8. The quantitative estimate of drug-likeness (QED) is 0.713. The second-order valence-electron chi connectivity index (χ2n) is 3.11. The summed E-state index contributed by atoms with van der Waals surface area (Å²) >= 11 is 0. The fourth-order valence-electron chi connectivity index (χ4n) is 1.33. The van der Waals surface area contributed by atoms with Gasteiger partial charge in [0, 0.05) is 19.3 Å². The second kappa shape index (κ2) is 4.79. The molecule has 1 radical (unpaired) electrons. The van der Waals surface area contributed by atoms with Gasteiger partial charge >= 0.3 is 0 Å². The van der Waals surface area contributed by atoms with Crippen LogP contribution in [0, 0.1) is 13.1 Å². The normalized spacial score (nSPS) is 10.2. The first-order valence-corrected chi connectivity index (χ1v) is 4.86. The summed E-state index contributed by atoms with van der Waals surface area (Å²) in [6.45, 7) is 7.71. The van der Waals surface area contributed by atoms with Gasteiger partial charge in [0.25, 0.3) is 0 Å². The van der Waals surface area contributed by atoms with Gasteiger partial charge in [0.05, 0.1) is 0 Å². The molecule has 0 fully saturated rings. The molecule has 0 bridgehead atoms. The largest absolute Gasteiger partial charge is 0.342 e. The average molecular weight is 194 g/mol. The van der Waals surface area contributed by atoms with Crippen molar-refractivity contribution in [1.29, 1.82) is 0 Å². The van der Waals surface area contributed by atoms with Crippen LogP contribution in [-0.4, -0.2) is 33.4 Å². The highest BCUT2D eigenvalue weighted by molar-refractivity contribution is 5.75. The number of hydrogen-bond acceptors (Lipinski definition) is 2. The molecule has 0 saturated carbocycles. The van der Waals surface area contributed by atoms with E-state index in [2.05, 4.69) is 11.2 Å². The molecular formula is C10H16N3O. The van der Waals surface area contributed by atoms with Crippen molar-refractivity contribution in [3.63, 3.8) is 0 Å². The molecular weight excluding hydrogens is 178 g/mol. The number of amides is 1. The zero-order valence-electron chi connectivity index (χ0n) is 8.95. The van der Waals surface area contributed by atoms with Crippen molar-refractivity contribution in [2.45, 2.75) is 27.3 Å². The molecule has 0 aliphatic rings. The Kier molecular flexibility index (Phi) is 3.68. The molecule has 14 heavy (non-hydrogen) atoms. The van der Waals surface area contributed by atoms with E-state index in [9.17, 15) is 4.79 Å². The van der Waals surface area contributed by atoms with E-state index in [-0.39, 0.29) is 5.91 Å². The Morgan fingerprint density at radius 1 is 1.57 bits per heavy atom. The summed E-state index contributed by atoms with van der Waals surface area (Å²) in [5, 5.41) is 0. The summed E-state index contributed by atoms with van der Waals surface area (Å²) in [5.74, 6) is 0.954. The predicted molar refractivity (Wildman–Crippen MR) is 53.7 cm³/mol.